The molecule has 1 N–H and O–H groups in total. The maximum atomic E-state index is 9.74. The van der Waals surface area contributed by atoms with Gasteiger partial charge in [-0.2, -0.15) is 5.26 Å². The summed E-state index contributed by atoms with van der Waals surface area (Å²) < 4.78 is 5.23. The first kappa shape index (κ1) is 15.3. The average molecular weight is 310 g/mol. The number of ether oxygens (including phenoxy) is 1. The molecular weight excluding hydrogens is 292 g/mol. The van der Waals surface area contributed by atoms with Crippen LogP contribution in [0.4, 0.5) is 5.95 Å². The predicted octanol–water partition coefficient (Wildman–Crippen LogP) is 1.98. The van der Waals surface area contributed by atoms with Crippen molar-refractivity contribution in [1.29, 1.82) is 5.26 Å². The molecule has 1 unspecified atom stereocenters. The Morgan fingerprint density at radius 3 is 2.74 bits per heavy atom. The summed E-state index contributed by atoms with van der Waals surface area (Å²) >= 11 is 0. The lowest BCUT2D eigenvalue weighted by Gasteiger charge is -2.29. The summed E-state index contributed by atoms with van der Waals surface area (Å²) in [5.74, 6) is 1.17. The van der Waals surface area contributed by atoms with Crippen LogP contribution in [0.25, 0.3) is 11.1 Å². The van der Waals surface area contributed by atoms with E-state index in [2.05, 4.69) is 16.0 Å². The van der Waals surface area contributed by atoms with Crippen molar-refractivity contribution in [3.8, 4) is 22.9 Å². The van der Waals surface area contributed by atoms with Crippen molar-refractivity contribution < 1.29 is 9.84 Å². The van der Waals surface area contributed by atoms with Gasteiger partial charge in [0.1, 0.15) is 11.8 Å². The number of aliphatic hydroxyl groups is 1. The number of nitrogens with zero attached hydrogens (tertiary/aromatic N) is 4. The molecule has 6 heteroatoms. The summed E-state index contributed by atoms with van der Waals surface area (Å²) in [5.41, 5.74) is 2.25. The van der Waals surface area contributed by atoms with Crippen LogP contribution in [0, 0.1) is 11.3 Å². The van der Waals surface area contributed by atoms with Crippen molar-refractivity contribution in [2.45, 2.75) is 18.9 Å². The lowest BCUT2D eigenvalue weighted by atomic mass is 10.1. The highest BCUT2D eigenvalue weighted by molar-refractivity contribution is 5.66. The van der Waals surface area contributed by atoms with Crippen LogP contribution in [0.15, 0.2) is 30.6 Å². The molecule has 1 aliphatic rings. The van der Waals surface area contributed by atoms with Gasteiger partial charge in [-0.15, -0.1) is 0 Å². The van der Waals surface area contributed by atoms with E-state index in [1.54, 1.807) is 25.6 Å². The van der Waals surface area contributed by atoms with Gasteiger partial charge >= 0.3 is 0 Å². The van der Waals surface area contributed by atoms with E-state index in [1.165, 1.54) is 0 Å². The highest BCUT2D eigenvalue weighted by atomic mass is 16.5. The number of aliphatic hydroxyl groups excluding tert-OH is 1. The molecule has 0 saturated carbocycles. The fourth-order valence-corrected chi connectivity index (χ4v) is 2.73. The van der Waals surface area contributed by atoms with Crippen LogP contribution in [-0.2, 0) is 0 Å². The molecule has 0 aliphatic carbocycles. The Balaban J connectivity index is 1.83. The summed E-state index contributed by atoms with van der Waals surface area (Å²) in [4.78, 5) is 10.8. The van der Waals surface area contributed by atoms with Gasteiger partial charge in [0.15, 0.2) is 0 Å². The van der Waals surface area contributed by atoms with Crippen molar-refractivity contribution in [3.05, 3.63) is 36.2 Å². The maximum absolute atomic E-state index is 9.74. The van der Waals surface area contributed by atoms with Gasteiger partial charge in [-0.05, 0) is 30.5 Å². The largest absolute Gasteiger partial charge is 0.495 e. The second-order valence-corrected chi connectivity index (χ2v) is 5.54. The van der Waals surface area contributed by atoms with Crippen molar-refractivity contribution in [2.75, 3.05) is 25.1 Å². The lowest BCUT2D eigenvalue weighted by molar-refractivity contribution is 0.153. The number of methoxy groups -OCH3 is 1. The summed E-state index contributed by atoms with van der Waals surface area (Å²) in [6, 6.07) is 7.48. The molecular formula is C17H18N4O2. The molecule has 23 heavy (non-hydrogen) atoms. The first-order valence-corrected chi connectivity index (χ1v) is 7.55. The molecule has 6 nitrogen and oxygen atoms in total. The molecule has 1 atom stereocenters. The van der Waals surface area contributed by atoms with E-state index in [0.717, 1.165) is 30.5 Å². The zero-order valence-electron chi connectivity index (χ0n) is 12.9. The number of rotatable bonds is 3. The van der Waals surface area contributed by atoms with Crippen LogP contribution >= 0.6 is 0 Å². The molecule has 1 aliphatic heterocycles. The lowest BCUT2D eigenvalue weighted by Crippen LogP contribution is -2.39. The van der Waals surface area contributed by atoms with Gasteiger partial charge in [0.25, 0.3) is 0 Å². The van der Waals surface area contributed by atoms with Crippen LogP contribution in [-0.4, -0.2) is 41.4 Å². The molecule has 2 aromatic rings. The van der Waals surface area contributed by atoms with Gasteiger partial charge in [-0.25, -0.2) is 9.97 Å². The predicted molar refractivity (Wildman–Crippen MR) is 86.2 cm³/mol. The molecule has 1 saturated heterocycles. The molecule has 1 aromatic heterocycles. The highest BCUT2D eigenvalue weighted by Gasteiger charge is 2.19. The average Bonchev–Trinajstić information content (AvgIpc) is 2.61. The van der Waals surface area contributed by atoms with Crippen LogP contribution in [0.3, 0.4) is 0 Å². The third-order valence-corrected chi connectivity index (χ3v) is 3.97. The highest BCUT2D eigenvalue weighted by Crippen LogP contribution is 2.27. The zero-order valence-corrected chi connectivity index (χ0v) is 12.9. The Hall–Kier alpha value is -2.65. The first-order valence-electron chi connectivity index (χ1n) is 7.55. The number of aromatic nitrogens is 2. The van der Waals surface area contributed by atoms with Gasteiger partial charge in [-0.3, -0.25) is 0 Å². The Kier molecular flexibility index (Phi) is 4.40. The Morgan fingerprint density at radius 1 is 1.30 bits per heavy atom. The van der Waals surface area contributed by atoms with E-state index in [9.17, 15) is 5.11 Å². The van der Waals surface area contributed by atoms with Crippen molar-refractivity contribution in [1.82, 2.24) is 9.97 Å². The van der Waals surface area contributed by atoms with Crippen LogP contribution in [0.1, 0.15) is 18.4 Å². The second-order valence-electron chi connectivity index (χ2n) is 5.54. The minimum Gasteiger partial charge on any atom is -0.495 e. The Morgan fingerprint density at radius 2 is 2.09 bits per heavy atom. The van der Waals surface area contributed by atoms with E-state index >= 15 is 0 Å². The third-order valence-electron chi connectivity index (χ3n) is 3.97. The van der Waals surface area contributed by atoms with Gasteiger partial charge < -0.3 is 14.7 Å². The number of hydrogen-bond acceptors (Lipinski definition) is 6. The molecule has 1 fully saturated rings. The normalized spacial score (nSPS) is 17.6. The fraction of sp³-hybridized carbons (Fsp3) is 0.353. The standard InChI is InChI=1S/C17H18N4O2/c1-23-16-7-12(4-5-13(16)8-18)14-9-19-17(20-10-14)21-6-2-3-15(22)11-21/h4-5,7,9-10,15,22H,2-3,6,11H2,1H3. The number of benzene rings is 1. The maximum Gasteiger partial charge on any atom is 0.225 e. The SMILES string of the molecule is COc1cc(-c2cnc(N3CCCC(O)C3)nc2)ccc1C#N. The van der Waals surface area contributed by atoms with Gasteiger partial charge in [-0.1, -0.05) is 6.07 Å². The van der Waals surface area contributed by atoms with Crippen LogP contribution in [0.2, 0.25) is 0 Å². The second kappa shape index (κ2) is 6.63. The molecule has 0 radical (unpaired) electrons. The summed E-state index contributed by atoms with van der Waals surface area (Å²) in [5, 5.41) is 18.8. The minimum absolute atomic E-state index is 0.310. The number of hydrogen-bond donors (Lipinski definition) is 1. The quantitative estimate of drug-likeness (QED) is 0.933. The molecule has 118 valence electrons. The molecule has 0 bridgehead atoms. The monoisotopic (exact) mass is 310 g/mol. The minimum atomic E-state index is -0.310. The summed E-state index contributed by atoms with van der Waals surface area (Å²) in [6.45, 7) is 1.44. The van der Waals surface area contributed by atoms with Crippen molar-refractivity contribution in [3.63, 3.8) is 0 Å². The van der Waals surface area contributed by atoms with E-state index in [0.29, 0.717) is 23.8 Å². The summed E-state index contributed by atoms with van der Waals surface area (Å²) in [6.07, 6.45) is 4.97. The zero-order chi connectivity index (χ0) is 16.2. The fourth-order valence-electron chi connectivity index (χ4n) is 2.73. The number of β-amino-alcohol motifs (C(OH)–C–C–N with tert-alkyl or cyclic N) is 1. The van der Waals surface area contributed by atoms with E-state index in [-0.39, 0.29) is 6.10 Å². The van der Waals surface area contributed by atoms with E-state index < -0.39 is 0 Å². The van der Waals surface area contributed by atoms with Crippen LogP contribution in [0.5, 0.6) is 5.75 Å². The smallest absolute Gasteiger partial charge is 0.225 e. The topological polar surface area (TPSA) is 82.3 Å². The van der Waals surface area contributed by atoms with Crippen molar-refractivity contribution >= 4 is 5.95 Å². The molecule has 2 heterocycles. The number of piperidine rings is 1. The Labute approximate surface area is 135 Å². The van der Waals surface area contributed by atoms with Gasteiger partial charge in [0.2, 0.25) is 5.95 Å². The number of nitriles is 1. The van der Waals surface area contributed by atoms with Gasteiger partial charge in [0, 0.05) is 31.0 Å². The van der Waals surface area contributed by atoms with E-state index in [4.69, 9.17) is 10.00 Å². The van der Waals surface area contributed by atoms with E-state index in [1.807, 2.05) is 17.0 Å². The Bertz CT molecular complexity index is 724. The molecule has 0 amide bonds. The molecule has 1 aromatic carbocycles. The van der Waals surface area contributed by atoms with Crippen LogP contribution < -0.4 is 9.64 Å². The number of anilines is 1. The molecule has 0 spiro atoms. The third kappa shape index (κ3) is 3.25. The van der Waals surface area contributed by atoms with Crippen molar-refractivity contribution in [2.24, 2.45) is 0 Å². The molecule has 3 rings (SSSR count). The van der Waals surface area contributed by atoms with Gasteiger partial charge in [0.05, 0.1) is 18.8 Å². The summed E-state index contributed by atoms with van der Waals surface area (Å²) in [7, 11) is 1.54. The first-order chi connectivity index (χ1) is 11.2.